The zero-order chi connectivity index (χ0) is 19.7. The topological polar surface area (TPSA) is 35.9 Å². The van der Waals surface area contributed by atoms with Gasteiger partial charge in [-0.15, -0.1) is 0 Å². The Bertz CT molecular complexity index is 955. The van der Waals surface area contributed by atoms with Gasteiger partial charge in [0.1, 0.15) is 9.93 Å². The third-order valence-electron chi connectivity index (χ3n) is 4.88. The summed E-state index contributed by atoms with van der Waals surface area (Å²) in [7, 11) is 0. The Morgan fingerprint density at radius 2 is 1.61 bits per heavy atom. The van der Waals surface area contributed by atoms with E-state index in [0.717, 1.165) is 27.2 Å². The number of thioether (sulfide) groups is 2. The SMILES string of the molecule is CCN1C(=O)/C(=C2/Sc3ccccc3N2CC)SC1=NC(C)c1ccccc1. The van der Waals surface area contributed by atoms with Crippen molar-refractivity contribution < 1.29 is 4.79 Å². The number of benzene rings is 2. The van der Waals surface area contributed by atoms with E-state index in [1.165, 1.54) is 22.3 Å². The fourth-order valence-corrected chi connectivity index (χ4v) is 5.92. The molecule has 2 heterocycles. The summed E-state index contributed by atoms with van der Waals surface area (Å²) in [4.78, 5) is 24.1. The Kier molecular flexibility index (Phi) is 5.51. The van der Waals surface area contributed by atoms with Crippen molar-refractivity contribution >= 4 is 40.3 Å². The molecule has 0 N–H and O–H groups in total. The first-order chi connectivity index (χ1) is 13.6. The number of para-hydroxylation sites is 1. The van der Waals surface area contributed by atoms with Gasteiger partial charge in [-0.05, 0) is 50.2 Å². The Morgan fingerprint density at radius 3 is 2.32 bits per heavy atom. The van der Waals surface area contributed by atoms with Crippen LogP contribution in [0.15, 0.2) is 74.4 Å². The van der Waals surface area contributed by atoms with E-state index in [1.807, 2.05) is 37.3 Å². The normalized spacial score (nSPS) is 21.5. The predicted octanol–water partition coefficient (Wildman–Crippen LogP) is 5.50. The molecule has 1 atom stereocenters. The molecular weight excluding hydrogens is 386 g/mol. The molecule has 0 aromatic heterocycles. The second-order valence-corrected chi connectivity index (χ2v) is 8.61. The van der Waals surface area contributed by atoms with Crippen molar-refractivity contribution in [3.05, 3.63) is 70.1 Å². The molecule has 0 aliphatic carbocycles. The van der Waals surface area contributed by atoms with E-state index in [4.69, 9.17) is 4.99 Å². The van der Waals surface area contributed by atoms with Crippen LogP contribution < -0.4 is 4.90 Å². The molecule has 0 radical (unpaired) electrons. The number of carbonyl (C=O) groups is 1. The molecule has 1 saturated heterocycles. The minimum absolute atomic E-state index is 0.00519. The minimum Gasteiger partial charge on any atom is -0.334 e. The fraction of sp³-hybridized carbons (Fsp3) is 0.273. The average molecular weight is 410 g/mol. The Labute approximate surface area is 174 Å². The maximum Gasteiger partial charge on any atom is 0.269 e. The zero-order valence-electron chi connectivity index (χ0n) is 16.3. The number of nitrogens with zero attached hydrogens (tertiary/aromatic N) is 3. The van der Waals surface area contributed by atoms with Gasteiger partial charge in [0.15, 0.2) is 5.17 Å². The van der Waals surface area contributed by atoms with Gasteiger partial charge in [-0.25, -0.2) is 0 Å². The third kappa shape index (κ3) is 3.35. The monoisotopic (exact) mass is 409 g/mol. The standard InChI is InChI=1S/C22H23N3OS2/c1-4-24-17-13-9-10-14-18(17)27-21(24)19-20(26)25(5-2)22(28-19)23-15(3)16-11-7-6-8-12-16/h6-15H,4-5H2,1-3H3/b21-19-,23-22?. The maximum atomic E-state index is 13.2. The molecule has 1 fully saturated rings. The third-order valence-corrected chi connectivity index (χ3v) is 7.28. The number of rotatable bonds is 4. The molecule has 2 aliphatic rings. The second-order valence-electron chi connectivity index (χ2n) is 6.60. The molecule has 0 saturated carbocycles. The number of carbonyl (C=O) groups excluding carboxylic acids is 1. The van der Waals surface area contributed by atoms with E-state index in [1.54, 1.807) is 16.7 Å². The van der Waals surface area contributed by atoms with Crippen LogP contribution in [0.2, 0.25) is 0 Å². The van der Waals surface area contributed by atoms with Crippen molar-refractivity contribution in [2.45, 2.75) is 31.7 Å². The number of hydrogen-bond donors (Lipinski definition) is 0. The molecule has 144 valence electrons. The minimum atomic E-state index is 0.00519. The van der Waals surface area contributed by atoms with Crippen LogP contribution >= 0.6 is 23.5 Å². The first kappa shape index (κ1) is 19.2. The summed E-state index contributed by atoms with van der Waals surface area (Å²) >= 11 is 3.19. The average Bonchev–Trinajstić information content (AvgIpc) is 3.25. The number of amidine groups is 1. The van der Waals surface area contributed by atoms with Crippen molar-refractivity contribution in [2.24, 2.45) is 4.99 Å². The summed E-state index contributed by atoms with van der Waals surface area (Å²) in [6, 6.07) is 18.5. The lowest BCUT2D eigenvalue weighted by atomic mass is 10.1. The molecule has 2 aromatic rings. The number of fused-ring (bicyclic) bond motifs is 1. The van der Waals surface area contributed by atoms with Crippen molar-refractivity contribution in [3.63, 3.8) is 0 Å². The number of aliphatic imine (C=N–C) groups is 1. The van der Waals surface area contributed by atoms with Gasteiger partial charge in [0.05, 0.1) is 11.7 Å². The number of anilines is 1. The van der Waals surface area contributed by atoms with Crippen molar-refractivity contribution in [3.8, 4) is 0 Å². The van der Waals surface area contributed by atoms with Gasteiger partial charge >= 0.3 is 0 Å². The van der Waals surface area contributed by atoms with Crippen molar-refractivity contribution in [1.29, 1.82) is 0 Å². The highest BCUT2D eigenvalue weighted by Gasteiger charge is 2.39. The van der Waals surface area contributed by atoms with E-state index in [2.05, 4.69) is 43.0 Å². The van der Waals surface area contributed by atoms with Gasteiger partial charge in [0, 0.05) is 18.0 Å². The van der Waals surface area contributed by atoms with Gasteiger partial charge in [-0.1, -0.05) is 54.2 Å². The van der Waals surface area contributed by atoms with Crippen LogP contribution in [0.3, 0.4) is 0 Å². The summed E-state index contributed by atoms with van der Waals surface area (Å²) in [5.74, 6) is 0.0558. The summed E-state index contributed by atoms with van der Waals surface area (Å²) in [5, 5.41) is 1.81. The highest BCUT2D eigenvalue weighted by atomic mass is 32.2. The molecule has 0 spiro atoms. The molecular formula is C22H23N3OS2. The lowest BCUT2D eigenvalue weighted by Crippen LogP contribution is -2.30. The van der Waals surface area contributed by atoms with E-state index in [9.17, 15) is 4.79 Å². The van der Waals surface area contributed by atoms with E-state index in [-0.39, 0.29) is 11.9 Å². The van der Waals surface area contributed by atoms with Crippen molar-refractivity contribution in [2.75, 3.05) is 18.0 Å². The van der Waals surface area contributed by atoms with E-state index >= 15 is 0 Å². The molecule has 0 bridgehead atoms. The van der Waals surface area contributed by atoms with Crippen LogP contribution in [-0.2, 0) is 4.79 Å². The Morgan fingerprint density at radius 1 is 0.929 bits per heavy atom. The van der Waals surface area contributed by atoms with Gasteiger partial charge in [0.25, 0.3) is 5.91 Å². The molecule has 2 aliphatic heterocycles. The quantitative estimate of drug-likeness (QED) is 0.625. The summed E-state index contributed by atoms with van der Waals surface area (Å²) < 4.78 is 0. The summed E-state index contributed by atoms with van der Waals surface area (Å²) in [6.45, 7) is 7.65. The van der Waals surface area contributed by atoms with Gasteiger partial charge in [-0.2, -0.15) is 0 Å². The molecule has 6 heteroatoms. The maximum absolute atomic E-state index is 13.2. The summed E-state index contributed by atoms with van der Waals surface area (Å²) in [6.07, 6.45) is 0. The smallest absolute Gasteiger partial charge is 0.269 e. The largest absolute Gasteiger partial charge is 0.334 e. The highest BCUT2D eigenvalue weighted by Crippen LogP contribution is 2.50. The van der Waals surface area contributed by atoms with Crippen LogP contribution in [0.4, 0.5) is 5.69 Å². The number of amides is 1. The second kappa shape index (κ2) is 8.05. The molecule has 1 amide bonds. The van der Waals surface area contributed by atoms with Crippen LogP contribution in [0, 0.1) is 0 Å². The van der Waals surface area contributed by atoms with Crippen LogP contribution in [0.5, 0.6) is 0 Å². The van der Waals surface area contributed by atoms with Gasteiger partial charge in [0.2, 0.25) is 0 Å². The summed E-state index contributed by atoms with van der Waals surface area (Å²) in [5.41, 5.74) is 2.33. The molecule has 4 rings (SSSR count). The Hall–Kier alpha value is -2.18. The highest BCUT2D eigenvalue weighted by molar-refractivity contribution is 8.19. The van der Waals surface area contributed by atoms with E-state index in [0.29, 0.717) is 6.54 Å². The molecule has 28 heavy (non-hydrogen) atoms. The number of hydrogen-bond acceptors (Lipinski definition) is 5. The fourth-order valence-electron chi connectivity index (χ4n) is 3.40. The van der Waals surface area contributed by atoms with Gasteiger partial charge < -0.3 is 4.90 Å². The molecule has 1 unspecified atom stereocenters. The predicted molar refractivity (Wildman–Crippen MR) is 120 cm³/mol. The van der Waals surface area contributed by atoms with Crippen LogP contribution in [0.1, 0.15) is 32.4 Å². The lowest BCUT2D eigenvalue weighted by Gasteiger charge is -2.19. The Balaban J connectivity index is 1.70. The molecule has 4 nitrogen and oxygen atoms in total. The molecule has 2 aromatic carbocycles. The van der Waals surface area contributed by atoms with Crippen LogP contribution in [0.25, 0.3) is 0 Å². The first-order valence-corrected chi connectivity index (χ1v) is 11.2. The lowest BCUT2D eigenvalue weighted by molar-refractivity contribution is -0.122. The van der Waals surface area contributed by atoms with Gasteiger partial charge in [-0.3, -0.25) is 14.7 Å². The first-order valence-electron chi connectivity index (χ1n) is 9.55. The number of likely N-dealkylation sites (N-methyl/N-ethyl adjacent to an activating group) is 1. The van der Waals surface area contributed by atoms with Crippen molar-refractivity contribution in [1.82, 2.24) is 4.90 Å². The van der Waals surface area contributed by atoms with E-state index < -0.39 is 0 Å². The zero-order valence-corrected chi connectivity index (χ0v) is 17.9. The van der Waals surface area contributed by atoms with Crippen LogP contribution in [-0.4, -0.2) is 29.1 Å².